The lowest BCUT2D eigenvalue weighted by molar-refractivity contribution is -0.125. The second-order valence-electron chi connectivity index (χ2n) is 7.82. The molecule has 1 N–H and O–H groups in total. The van der Waals surface area contributed by atoms with E-state index in [0.29, 0.717) is 26.1 Å². The van der Waals surface area contributed by atoms with Gasteiger partial charge < -0.3 is 14.6 Å². The number of para-hydroxylation sites is 2. The molecular formula is C25H33N3O2. The molecule has 5 nitrogen and oxygen atoms in total. The Hall–Kier alpha value is -2.82. The Morgan fingerprint density at radius 3 is 2.60 bits per heavy atom. The van der Waals surface area contributed by atoms with Gasteiger partial charge >= 0.3 is 0 Å². The zero-order valence-electron chi connectivity index (χ0n) is 18.6. The summed E-state index contributed by atoms with van der Waals surface area (Å²) < 4.78 is 8.21. The molecule has 3 rings (SSSR count). The van der Waals surface area contributed by atoms with E-state index in [2.05, 4.69) is 55.8 Å². The topological polar surface area (TPSA) is 56.2 Å². The lowest BCUT2D eigenvalue weighted by Gasteiger charge is -2.14. The molecule has 1 amide bonds. The molecule has 2 aromatic carbocycles. The van der Waals surface area contributed by atoms with Gasteiger partial charge in [0.05, 0.1) is 17.6 Å². The van der Waals surface area contributed by atoms with Crippen LogP contribution in [0.5, 0.6) is 5.75 Å². The fraction of sp³-hybridized carbons (Fsp3) is 0.440. The molecule has 0 fully saturated rings. The zero-order chi connectivity index (χ0) is 21.5. The summed E-state index contributed by atoms with van der Waals surface area (Å²) in [6.07, 6.45) is 2.44. The van der Waals surface area contributed by atoms with Crippen LogP contribution >= 0.6 is 0 Å². The van der Waals surface area contributed by atoms with Gasteiger partial charge in [-0.1, -0.05) is 32.0 Å². The highest BCUT2D eigenvalue weighted by atomic mass is 16.5. The van der Waals surface area contributed by atoms with Crippen molar-refractivity contribution >= 4 is 16.9 Å². The van der Waals surface area contributed by atoms with Crippen LogP contribution in [0.2, 0.25) is 0 Å². The molecule has 5 heteroatoms. The third-order valence-corrected chi connectivity index (χ3v) is 5.80. The molecular weight excluding hydrogens is 374 g/mol. The number of hydrogen-bond donors (Lipinski definition) is 1. The molecule has 3 aromatic rings. The van der Waals surface area contributed by atoms with E-state index in [0.717, 1.165) is 35.4 Å². The van der Waals surface area contributed by atoms with Crippen molar-refractivity contribution in [2.75, 3.05) is 13.2 Å². The van der Waals surface area contributed by atoms with Gasteiger partial charge in [-0.05, 0) is 62.1 Å². The molecule has 160 valence electrons. The SMILES string of the molecule is CCC(CC)C(=O)NCCc1nc2ccccc2n1CCOc1ccc(C)c(C)c1. The minimum atomic E-state index is 0.0928. The van der Waals surface area contributed by atoms with Crippen molar-refractivity contribution in [2.24, 2.45) is 5.92 Å². The summed E-state index contributed by atoms with van der Waals surface area (Å²) in [4.78, 5) is 17.1. The number of amides is 1. The Morgan fingerprint density at radius 2 is 1.87 bits per heavy atom. The molecule has 1 heterocycles. The second kappa shape index (κ2) is 10.3. The maximum Gasteiger partial charge on any atom is 0.223 e. The molecule has 0 aliphatic carbocycles. The van der Waals surface area contributed by atoms with Crippen molar-refractivity contribution in [3.8, 4) is 5.75 Å². The summed E-state index contributed by atoms with van der Waals surface area (Å²) in [6.45, 7) is 10.2. The van der Waals surface area contributed by atoms with Crippen LogP contribution < -0.4 is 10.1 Å². The first-order valence-electron chi connectivity index (χ1n) is 10.9. The molecule has 0 aliphatic heterocycles. The first-order valence-corrected chi connectivity index (χ1v) is 10.9. The number of aromatic nitrogens is 2. The van der Waals surface area contributed by atoms with E-state index in [4.69, 9.17) is 9.72 Å². The summed E-state index contributed by atoms with van der Waals surface area (Å²) in [5.41, 5.74) is 4.57. The molecule has 0 bridgehead atoms. The van der Waals surface area contributed by atoms with E-state index < -0.39 is 0 Å². The number of imidazole rings is 1. The standard InChI is InChI=1S/C25H33N3O2/c1-5-20(6-2)25(29)26-14-13-24-27-22-9-7-8-10-23(22)28(24)15-16-30-21-12-11-18(3)19(4)17-21/h7-12,17,20H,5-6,13-16H2,1-4H3,(H,26,29). The summed E-state index contributed by atoms with van der Waals surface area (Å²) in [5.74, 6) is 2.10. The Morgan fingerprint density at radius 1 is 1.10 bits per heavy atom. The number of benzene rings is 2. The maximum atomic E-state index is 12.3. The Bertz CT molecular complexity index is 989. The number of carbonyl (C=O) groups excluding carboxylic acids is 1. The van der Waals surface area contributed by atoms with Crippen LogP contribution in [0.15, 0.2) is 42.5 Å². The third kappa shape index (κ3) is 5.21. The number of nitrogens with one attached hydrogen (secondary N) is 1. The fourth-order valence-electron chi connectivity index (χ4n) is 3.73. The highest BCUT2D eigenvalue weighted by molar-refractivity contribution is 5.78. The van der Waals surface area contributed by atoms with Crippen LogP contribution in [-0.4, -0.2) is 28.6 Å². The molecule has 0 unspecified atom stereocenters. The number of fused-ring (bicyclic) bond motifs is 1. The number of rotatable bonds is 10. The lowest BCUT2D eigenvalue weighted by atomic mass is 10.0. The average molecular weight is 408 g/mol. The monoisotopic (exact) mass is 407 g/mol. The van der Waals surface area contributed by atoms with E-state index in [1.54, 1.807) is 0 Å². The number of aryl methyl sites for hydroxylation is 2. The minimum absolute atomic E-state index is 0.0928. The molecule has 0 atom stereocenters. The van der Waals surface area contributed by atoms with Crippen LogP contribution in [-0.2, 0) is 17.8 Å². The molecule has 0 aliphatic rings. The molecule has 0 radical (unpaired) electrons. The number of ether oxygens (including phenoxy) is 1. The predicted octanol–water partition coefficient (Wildman–Crippen LogP) is 4.83. The number of carbonyl (C=O) groups is 1. The van der Waals surface area contributed by atoms with Crippen LogP contribution in [0.4, 0.5) is 0 Å². The van der Waals surface area contributed by atoms with Crippen LogP contribution in [0.1, 0.15) is 43.6 Å². The third-order valence-electron chi connectivity index (χ3n) is 5.80. The highest BCUT2D eigenvalue weighted by Crippen LogP contribution is 2.19. The quantitative estimate of drug-likeness (QED) is 0.524. The Kier molecular flexibility index (Phi) is 7.50. The van der Waals surface area contributed by atoms with Crippen LogP contribution in [0.3, 0.4) is 0 Å². The van der Waals surface area contributed by atoms with Crippen molar-refractivity contribution in [1.82, 2.24) is 14.9 Å². The van der Waals surface area contributed by atoms with E-state index in [9.17, 15) is 4.79 Å². The first-order chi connectivity index (χ1) is 14.5. The molecule has 0 spiro atoms. The maximum absolute atomic E-state index is 12.3. The number of nitrogens with zero attached hydrogens (tertiary/aromatic N) is 2. The van der Waals surface area contributed by atoms with Crippen LogP contribution in [0, 0.1) is 19.8 Å². The van der Waals surface area contributed by atoms with Gasteiger partial charge in [0.15, 0.2) is 0 Å². The Labute approximate surface area is 179 Å². The average Bonchev–Trinajstić information content (AvgIpc) is 3.09. The van der Waals surface area contributed by atoms with Crippen molar-refractivity contribution in [1.29, 1.82) is 0 Å². The largest absolute Gasteiger partial charge is 0.492 e. The van der Waals surface area contributed by atoms with Crippen molar-refractivity contribution in [3.63, 3.8) is 0 Å². The van der Waals surface area contributed by atoms with E-state index in [1.165, 1.54) is 11.1 Å². The van der Waals surface area contributed by atoms with E-state index in [1.807, 2.05) is 24.3 Å². The van der Waals surface area contributed by atoms with Gasteiger partial charge in [-0.15, -0.1) is 0 Å². The van der Waals surface area contributed by atoms with Gasteiger partial charge in [0.1, 0.15) is 18.2 Å². The van der Waals surface area contributed by atoms with Gasteiger partial charge in [0.2, 0.25) is 5.91 Å². The first kappa shape index (κ1) is 21.9. The summed E-state index contributed by atoms with van der Waals surface area (Å²) in [6, 6.07) is 14.3. The number of hydrogen-bond acceptors (Lipinski definition) is 3. The summed E-state index contributed by atoms with van der Waals surface area (Å²) in [7, 11) is 0. The van der Waals surface area contributed by atoms with E-state index >= 15 is 0 Å². The molecule has 1 aromatic heterocycles. The molecule has 30 heavy (non-hydrogen) atoms. The normalized spacial score (nSPS) is 11.2. The zero-order valence-corrected chi connectivity index (χ0v) is 18.6. The van der Waals surface area contributed by atoms with Gasteiger partial charge in [-0.25, -0.2) is 4.98 Å². The van der Waals surface area contributed by atoms with Crippen molar-refractivity contribution in [2.45, 2.75) is 53.5 Å². The van der Waals surface area contributed by atoms with Gasteiger partial charge in [0.25, 0.3) is 0 Å². The van der Waals surface area contributed by atoms with Gasteiger partial charge in [-0.2, -0.15) is 0 Å². The second-order valence-corrected chi connectivity index (χ2v) is 7.82. The van der Waals surface area contributed by atoms with Crippen molar-refractivity contribution < 1.29 is 9.53 Å². The van der Waals surface area contributed by atoms with Gasteiger partial charge in [-0.3, -0.25) is 4.79 Å². The smallest absolute Gasteiger partial charge is 0.223 e. The predicted molar refractivity (Wildman–Crippen MR) is 122 cm³/mol. The summed E-state index contributed by atoms with van der Waals surface area (Å²) in [5, 5.41) is 3.07. The van der Waals surface area contributed by atoms with Crippen molar-refractivity contribution in [3.05, 3.63) is 59.4 Å². The summed E-state index contributed by atoms with van der Waals surface area (Å²) >= 11 is 0. The Balaban J connectivity index is 1.67. The highest BCUT2D eigenvalue weighted by Gasteiger charge is 2.15. The molecule has 0 saturated carbocycles. The van der Waals surface area contributed by atoms with E-state index in [-0.39, 0.29) is 11.8 Å². The molecule has 0 saturated heterocycles. The van der Waals surface area contributed by atoms with Crippen LogP contribution in [0.25, 0.3) is 11.0 Å². The minimum Gasteiger partial charge on any atom is -0.492 e. The fourth-order valence-corrected chi connectivity index (χ4v) is 3.73. The van der Waals surface area contributed by atoms with Gasteiger partial charge in [0, 0.05) is 18.9 Å². The lowest BCUT2D eigenvalue weighted by Crippen LogP contribution is -2.32.